The molecule has 738 valence electrons. The summed E-state index contributed by atoms with van der Waals surface area (Å²) in [6.07, 6.45) is 15.6. The third kappa shape index (κ3) is 21.0. The van der Waals surface area contributed by atoms with Crippen LogP contribution in [-0.4, -0.2) is 188 Å². The summed E-state index contributed by atoms with van der Waals surface area (Å²) in [6, 6.07) is 70.9. The van der Waals surface area contributed by atoms with Crippen molar-refractivity contribution >= 4 is 168 Å². The quantitative estimate of drug-likeness (QED) is 0.00411. The van der Waals surface area contributed by atoms with E-state index in [-0.39, 0.29) is 57.3 Å². The molecule has 7 aromatic carbocycles. The normalized spacial score (nSPS) is 16.1. The zero-order valence-corrected chi connectivity index (χ0v) is 90.3. The molecule has 15 rings (SSSR count). The molecule has 2 fully saturated rings. The molecule has 2 aliphatic rings. The predicted octanol–water partition coefficient (Wildman–Crippen LogP) is 18.4. The van der Waals surface area contributed by atoms with Crippen molar-refractivity contribution in [2.45, 2.75) is 141 Å². The molecule has 0 bridgehead atoms. The van der Waals surface area contributed by atoms with Gasteiger partial charge in [0, 0.05) is 116 Å². The van der Waals surface area contributed by atoms with Gasteiger partial charge in [0.05, 0.1) is 56.3 Å². The van der Waals surface area contributed by atoms with Crippen molar-refractivity contribution in [2.24, 2.45) is 23.7 Å². The predicted molar refractivity (Wildman–Crippen MR) is 572 cm³/mol. The van der Waals surface area contributed by atoms with Crippen LogP contribution < -0.4 is 36.7 Å². The number of esters is 4. The fourth-order valence-electron chi connectivity index (χ4n) is 17.9. The average molecular weight is 2080 g/mol. The van der Waals surface area contributed by atoms with Crippen LogP contribution in [0.15, 0.2) is 309 Å². The Bertz CT molecular complexity index is 6510. The molecule has 141 heavy (non-hydrogen) atoms. The van der Waals surface area contributed by atoms with Gasteiger partial charge >= 0.3 is 23.9 Å². The van der Waals surface area contributed by atoms with Crippen LogP contribution in [-0.2, 0) is 77.6 Å². The van der Waals surface area contributed by atoms with Gasteiger partial charge in [-0.15, -0.1) is 22.7 Å². The van der Waals surface area contributed by atoms with Gasteiger partial charge < -0.3 is 56.7 Å². The molecule has 0 radical (unpaired) electrons. The number of nitrogens with zero attached hydrogens (tertiary/aromatic N) is 9. The summed E-state index contributed by atoms with van der Waals surface area (Å²) >= 11 is 6.31. The first-order valence-corrected chi connectivity index (χ1v) is 58.2. The number of carbonyl (C=O) groups is 7. The maximum atomic E-state index is 15.5. The summed E-state index contributed by atoms with van der Waals surface area (Å²) in [6.45, 7) is 29.5. The van der Waals surface area contributed by atoms with Crippen LogP contribution in [0.3, 0.4) is 0 Å². The number of β-lactam (4-membered cyclic amide) rings is 2. The second-order valence-corrected chi connectivity index (χ2v) is 57.3. The fourth-order valence-corrected chi connectivity index (χ4v) is 32.2. The number of ether oxygens (including phenoxy) is 7. The molecule has 25 nitrogen and oxygen atoms in total. The molecule has 8 heterocycles. The summed E-state index contributed by atoms with van der Waals surface area (Å²) in [5.41, 5.74) is 3.99. The molecule has 2 aliphatic heterocycles. The van der Waals surface area contributed by atoms with E-state index in [0.717, 1.165) is 51.7 Å². The molecule has 32 heteroatoms. The number of carbonyl (C=O) groups excluding carboxylic acids is 7. The van der Waals surface area contributed by atoms with Crippen LogP contribution in [0.4, 0.5) is 5.69 Å². The molecule has 0 aliphatic carbocycles. The zero-order chi connectivity index (χ0) is 102. The van der Waals surface area contributed by atoms with Crippen LogP contribution in [0.2, 0.25) is 36.3 Å². The molecule has 0 spiro atoms. The van der Waals surface area contributed by atoms with Crippen molar-refractivity contribution in [1.29, 1.82) is 0 Å². The van der Waals surface area contributed by atoms with Gasteiger partial charge in [-0.2, -0.15) is 0 Å². The lowest BCUT2D eigenvalue weighted by atomic mass is 9.75. The topological polar surface area (TPSA) is 273 Å². The maximum absolute atomic E-state index is 15.5. The summed E-state index contributed by atoms with van der Waals surface area (Å²) < 4.78 is 59.6. The summed E-state index contributed by atoms with van der Waals surface area (Å²) in [4.78, 5) is 129. The van der Waals surface area contributed by atoms with E-state index >= 15 is 19.2 Å². The summed E-state index contributed by atoms with van der Waals surface area (Å²) in [5.74, 6) is -9.92. The van der Waals surface area contributed by atoms with E-state index in [1.165, 1.54) is 42.6 Å². The molecule has 13 aromatic rings. The minimum Gasteiger partial charge on any atom is -0.457 e. The highest BCUT2D eigenvalue weighted by Gasteiger charge is 2.62. The molecular weight excluding hydrogens is 1950 g/mol. The van der Waals surface area contributed by atoms with E-state index in [1.807, 2.05) is 251 Å². The van der Waals surface area contributed by atoms with E-state index < -0.39 is 114 Å². The van der Waals surface area contributed by atoms with Crippen molar-refractivity contribution in [3.63, 3.8) is 0 Å². The molecule has 0 unspecified atom stereocenters. The van der Waals surface area contributed by atoms with Crippen molar-refractivity contribution in [1.82, 2.24) is 38.5 Å². The fraction of sp³-hybridized carbons (Fsp3) is 0.312. The number of rotatable bonds is 35. The third-order valence-electron chi connectivity index (χ3n) is 27.1. The molecule has 8 atom stereocenters. The maximum Gasteiger partial charge on any atom is 0.356 e. The lowest BCUT2D eigenvalue weighted by molar-refractivity contribution is -0.185. The Hall–Kier alpha value is -11.6. The first-order valence-electron chi connectivity index (χ1n) is 46.4. The highest BCUT2D eigenvalue weighted by Crippen LogP contribution is 2.55. The number of halogens is 1. The van der Waals surface area contributed by atoms with Crippen LogP contribution in [0.5, 0.6) is 0 Å². The molecule has 6 aromatic heterocycles. The molecule has 2 amide bonds. The Morgan fingerprint density at radius 3 is 1.14 bits per heavy atom. The number of pyridine rings is 2. The number of methoxy groups -OCH3 is 4. The number of thiazole rings is 2. The van der Waals surface area contributed by atoms with E-state index in [9.17, 15) is 14.4 Å². The summed E-state index contributed by atoms with van der Waals surface area (Å²) in [7, 11) is 5.16. The van der Waals surface area contributed by atoms with Gasteiger partial charge in [-0.25, -0.2) is 24.4 Å². The first kappa shape index (κ1) is 107. The monoisotopic (exact) mass is 2080 g/mol. The Balaban J connectivity index is 0.000000199. The Morgan fingerprint density at radius 1 is 0.482 bits per heavy atom. The molecule has 0 saturated carbocycles. The second kappa shape index (κ2) is 44.9. The van der Waals surface area contributed by atoms with Gasteiger partial charge in [0.2, 0.25) is 23.4 Å². The number of likely N-dealkylation sites (tertiary alicyclic amines) is 2. The number of amides is 2. The largest absolute Gasteiger partial charge is 0.457 e. The highest BCUT2D eigenvalue weighted by molar-refractivity contribution is 9.11. The number of Topliss-reactive ketones (excluding diaryl/α,β-unsaturated/α-hetero) is 1. The van der Waals surface area contributed by atoms with Crippen molar-refractivity contribution in [3.8, 4) is 0 Å². The van der Waals surface area contributed by atoms with Crippen LogP contribution >= 0.6 is 52.4 Å². The van der Waals surface area contributed by atoms with Gasteiger partial charge in [-0.05, 0) is 141 Å². The average Bonchev–Trinajstić information content (AvgIpc) is 1.24. The number of imidazole rings is 2. The highest BCUT2D eigenvalue weighted by atomic mass is 79.9. The first-order chi connectivity index (χ1) is 67.3. The lowest BCUT2D eigenvalue weighted by Gasteiger charge is -2.54. The number of hydrogen-bond donors (Lipinski definition) is 0. The molecule has 2 saturated heterocycles. The second-order valence-electron chi connectivity index (χ2n) is 37.8. The van der Waals surface area contributed by atoms with Gasteiger partial charge in [0.1, 0.15) is 57.8 Å². The van der Waals surface area contributed by atoms with Crippen LogP contribution in [0.1, 0.15) is 112 Å². The molecule has 0 N–H and O–H groups in total. The minimum absolute atomic E-state index is 0.0853. The Morgan fingerprint density at radius 2 is 0.823 bits per heavy atom. The SMILES string of the molecule is C=CCOC(=O)C(N1C(=O)[C@H]([C@@H](C)O[Si](C)(C)C(C)(C)C)[C@H]1[C@@H](C)C(=O)OC(=O)c1ccc(N(C)C)cc1)=P(c1ccccc1)(c1ccccc1)c1ccccc1.C=CCOC(=O)C(N1C(=O)[C@H]([C@@H](C)O[Si](C)(C)C(C)(C)C)[C@H]1[C@@H](C)C(=O)c1cn2cnc(C(OC)(OC)c3cccnc3)c2s1)=P(c1ccccc1)(c1ccccc1)c1ccccc1.COC(OC)(c1cccnc1)c1ncn2cc(Br)sc12. The van der Waals surface area contributed by atoms with Gasteiger partial charge in [0.25, 0.3) is 0 Å². The van der Waals surface area contributed by atoms with E-state index in [1.54, 1.807) is 116 Å². The van der Waals surface area contributed by atoms with E-state index in [2.05, 4.69) is 112 Å². The standard InChI is InChI=1S/C50H57N4O7PSSi.C46H55N2O7PSi.C13H12BrN3O2S/c1-11-30-60-48(57)46(62(37-23-15-12-16-24-37,38-25-17-13-18-26-38)39-27-19-14-20-28-39)54-42(41(45(54)56)35(3)61-64(9,10)49(4,5)6)34(2)43(55)40-32-53-33-52-44(47(53)63-40)50(58-7,59-8)36-22-21-29-51-31-36;1-11-31-53-45(52)42(56(36-21-15-12-16-22-36,37-23-17-13-18-24-37)38-25-19-14-20-26-38)48-40(39(41(48)49)33(3)55-57(9,10)46(4,5)6)32(2)43(50)54-44(51)34-27-29-35(30-28-34)47(7)8;1-18-13(19-2,9-4-3-5-15-6-9)11-12-17(8-16-11)7-10(14)20-12/h11-29,31-35,41-42H,1,30H2,2-10H3;11-30,32-33,39-40H,1,31H2,2-10H3;3-8H,1-2H3/t34-,35-,41-,42-;32-,33-,39-,40-;/m11./s1. The van der Waals surface area contributed by atoms with Gasteiger partial charge in [-0.3, -0.25) is 37.9 Å². The number of benzene rings is 7. The number of anilines is 1. The van der Waals surface area contributed by atoms with Crippen LogP contribution in [0.25, 0.3) is 9.66 Å². The van der Waals surface area contributed by atoms with Gasteiger partial charge in [0.15, 0.2) is 22.4 Å². The van der Waals surface area contributed by atoms with Gasteiger partial charge in [-0.1, -0.05) is 268 Å². The lowest BCUT2D eigenvalue weighted by Crippen LogP contribution is -2.71. The zero-order valence-electron chi connectivity index (χ0n) is 83.3. The van der Waals surface area contributed by atoms with E-state index in [4.69, 9.17) is 47.0 Å². The van der Waals surface area contributed by atoms with Crippen LogP contribution in [0, 0.1) is 23.7 Å². The van der Waals surface area contributed by atoms with Crippen molar-refractivity contribution in [2.75, 3.05) is 60.6 Å². The minimum atomic E-state index is -3.28. The number of ketones is 1. The number of aromatic nitrogens is 6. The third-order valence-corrected chi connectivity index (χ3v) is 47.4. The summed E-state index contributed by atoms with van der Waals surface area (Å²) in [5, 5.41) is 4.62. The number of hydrogen-bond acceptors (Lipinski definition) is 23. The molecular formula is C109H124BrN9O16P2S2Si2. The number of fused-ring (bicyclic) bond motifs is 2. The van der Waals surface area contributed by atoms with E-state index in [0.29, 0.717) is 26.7 Å². The Kier molecular flexibility index (Phi) is 34.0. The van der Waals surface area contributed by atoms with Crippen molar-refractivity contribution < 1.29 is 75.6 Å². The smallest absolute Gasteiger partial charge is 0.356 e. The van der Waals surface area contributed by atoms with Crippen molar-refractivity contribution in [3.05, 3.63) is 342 Å². The Labute approximate surface area is 844 Å².